The number of quaternary nitrogens is 1. The highest BCUT2D eigenvalue weighted by molar-refractivity contribution is 5.96. The van der Waals surface area contributed by atoms with Crippen LogP contribution >= 0.6 is 0 Å². The Labute approximate surface area is 142 Å². The molecular weight excluding hydrogens is 308 g/mol. The molecule has 1 aromatic carbocycles. The van der Waals surface area contributed by atoms with E-state index in [0.29, 0.717) is 32.7 Å². The summed E-state index contributed by atoms with van der Waals surface area (Å²) in [7, 11) is 0. The molecule has 1 aromatic rings. The number of nitrogens with one attached hydrogen (secondary N) is 3. The summed E-state index contributed by atoms with van der Waals surface area (Å²) in [6.45, 7) is 6.43. The molecule has 1 fully saturated rings. The molecule has 1 aliphatic rings. The van der Waals surface area contributed by atoms with Crippen LogP contribution in [0.1, 0.15) is 19.4 Å². The van der Waals surface area contributed by atoms with Crippen LogP contribution in [0.4, 0.5) is 4.79 Å². The zero-order valence-electron chi connectivity index (χ0n) is 14.2. The third-order valence-electron chi connectivity index (χ3n) is 4.39. The Kier molecular flexibility index (Phi) is 6.31. The normalized spacial score (nSPS) is 16.3. The van der Waals surface area contributed by atoms with E-state index >= 15 is 0 Å². The fourth-order valence-corrected chi connectivity index (χ4v) is 2.77. The maximum Gasteiger partial charge on any atom is 0.321 e. The molecule has 1 atom stereocenters. The summed E-state index contributed by atoms with van der Waals surface area (Å²) >= 11 is 0. The Hall–Kier alpha value is -2.41. The smallest absolute Gasteiger partial charge is 0.321 e. The molecule has 0 bridgehead atoms. The van der Waals surface area contributed by atoms with Crippen LogP contribution in [0.2, 0.25) is 0 Å². The second-order valence-electron chi connectivity index (χ2n) is 6.04. The zero-order chi connectivity index (χ0) is 17.5. The lowest BCUT2D eigenvalue weighted by Gasteiger charge is -2.34. The second-order valence-corrected chi connectivity index (χ2v) is 6.04. The maximum absolute atomic E-state index is 12.2. The fourth-order valence-electron chi connectivity index (χ4n) is 2.77. The van der Waals surface area contributed by atoms with Gasteiger partial charge in [-0.15, -0.1) is 0 Å². The summed E-state index contributed by atoms with van der Waals surface area (Å²) in [5.41, 5.74) is 0.971. The van der Waals surface area contributed by atoms with E-state index < -0.39 is 6.03 Å². The van der Waals surface area contributed by atoms with E-state index in [1.54, 1.807) is 18.7 Å². The minimum Gasteiger partial charge on any atom is -0.334 e. The largest absolute Gasteiger partial charge is 0.334 e. The van der Waals surface area contributed by atoms with Crippen LogP contribution in [-0.2, 0) is 16.1 Å². The number of rotatable bonds is 4. The third kappa shape index (κ3) is 5.06. The third-order valence-corrected chi connectivity index (χ3v) is 4.39. The summed E-state index contributed by atoms with van der Waals surface area (Å²) in [6, 6.07) is 8.69. The van der Waals surface area contributed by atoms with Crippen molar-refractivity contribution < 1.29 is 19.3 Å². The summed E-state index contributed by atoms with van der Waals surface area (Å²) < 4.78 is 0. The highest BCUT2D eigenvalue weighted by Crippen LogP contribution is 1.97. The summed E-state index contributed by atoms with van der Waals surface area (Å²) in [4.78, 5) is 38.2. The molecule has 1 aliphatic heterocycles. The van der Waals surface area contributed by atoms with Crippen molar-refractivity contribution in [1.82, 2.24) is 15.5 Å². The predicted molar refractivity (Wildman–Crippen MR) is 89.2 cm³/mol. The van der Waals surface area contributed by atoms with Crippen molar-refractivity contribution in [2.45, 2.75) is 26.4 Å². The highest BCUT2D eigenvalue weighted by Gasteiger charge is 2.30. The van der Waals surface area contributed by atoms with Crippen molar-refractivity contribution in [3.05, 3.63) is 35.9 Å². The van der Waals surface area contributed by atoms with Crippen molar-refractivity contribution in [3.8, 4) is 0 Å². The molecule has 24 heavy (non-hydrogen) atoms. The van der Waals surface area contributed by atoms with Crippen molar-refractivity contribution in [2.75, 3.05) is 26.2 Å². The predicted octanol–water partition coefficient (Wildman–Crippen LogP) is -0.852. The Balaban J connectivity index is 1.75. The Morgan fingerprint density at radius 2 is 1.79 bits per heavy atom. The molecule has 7 heteroatoms. The number of piperazine rings is 1. The quantitative estimate of drug-likeness (QED) is 0.671. The average molecular weight is 333 g/mol. The van der Waals surface area contributed by atoms with Gasteiger partial charge in [-0.25, -0.2) is 4.79 Å². The molecule has 0 saturated carbocycles. The van der Waals surface area contributed by atoms with Crippen LogP contribution < -0.4 is 15.5 Å². The molecule has 1 saturated heterocycles. The first-order valence-electron chi connectivity index (χ1n) is 8.20. The van der Waals surface area contributed by atoms with Gasteiger partial charge in [-0.2, -0.15) is 0 Å². The first kappa shape index (κ1) is 17.9. The second kappa shape index (κ2) is 8.44. The van der Waals surface area contributed by atoms with Crippen LogP contribution in [0.3, 0.4) is 0 Å². The minimum atomic E-state index is -0.488. The van der Waals surface area contributed by atoms with Gasteiger partial charge in [0.25, 0.3) is 5.91 Å². The van der Waals surface area contributed by atoms with Gasteiger partial charge in [0.05, 0.1) is 26.2 Å². The van der Waals surface area contributed by atoms with Gasteiger partial charge in [0.1, 0.15) is 0 Å². The molecule has 0 radical (unpaired) electrons. The first-order valence-corrected chi connectivity index (χ1v) is 8.20. The fraction of sp³-hybridized carbons (Fsp3) is 0.471. The van der Waals surface area contributed by atoms with E-state index in [-0.39, 0.29) is 17.9 Å². The van der Waals surface area contributed by atoms with Crippen LogP contribution in [-0.4, -0.2) is 55.0 Å². The van der Waals surface area contributed by atoms with Crippen molar-refractivity contribution >= 4 is 17.8 Å². The van der Waals surface area contributed by atoms with E-state index in [2.05, 4.69) is 10.6 Å². The van der Waals surface area contributed by atoms with Crippen LogP contribution in [0.15, 0.2) is 30.3 Å². The van der Waals surface area contributed by atoms with E-state index in [0.717, 1.165) is 10.5 Å². The number of imide groups is 1. The minimum absolute atomic E-state index is 0.0615. The number of amides is 4. The van der Waals surface area contributed by atoms with E-state index in [9.17, 15) is 14.4 Å². The molecule has 0 unspecified atom stereocenters. The zero-order valence-corrected chi connectivity index (χ0v) is 14.2. The van der Waals surface area contributed by atoms with Crippen LogP contribution in [0.5, 0.6) is 0 Å². The first-order chi connectivity index (χ1) is 11.5. The molecular formula is C17H25N4O3+. The lowest BCUT2D eigenvalue weighted by Crippen LogP contribution is -3.19. The van der Waals surface area contributed by atoms with Crippen molar-refractivity contribution in [3.63, 3.8) is 0 Å². The number of hydrogen-bond donors (Lipinski definition) is 3. The number of carbonyl (C=O) groups excluding carboxylic acids is 3. The van der Waals surface area contributed by atoms with Gasteiger partial charge in [0.15, 0.2) is 6.04 Å². The average Bonchev–Trinajstić information content (AvgIpc) is 2.60. The SMILES string of the molecule is CC(=O)N1CC[NH+]([C@@H](C)C(=O)NC(=O)NCc2ccccc2)CC1. The molecule has 4 amide bonds. The highest BCUT2D eigenvalue weighted by atomic mass is 16.2. The monoisotopic (exact) mass is 333 g/mol. The van der Waals surface area contributed by atoms with Gasteiger partial charge in [0.2, 0.25) is 5.91 Å². The van der Waals surface area contributed by atoms with Crippen molar-refractivity contribution in [2.24, 2.45) is 0 Å². The molecule has 130 valence electrons. The topological polar surface area (TPSA) is 83.0 Å². The van der Waals surface area contributed by atoms with Gasteiger partial charge < -0.3 is 15.1 Å². The molecule has 0 aliphatic carbocycles. The number of carbonyl (C=O) groups is 3. The number of urea groups is 1. The molecule has 0 aromatic heterocycles. The summed E-state index contributed by atoms with van der Waals surface area (Å²) in [6.07, 6.45) is 0. The van der Waals surface area contributed by atoms with Crippen molar-refractivity contribution in [1.29, 1.82) is 0 Å². The van der Waals surface area contributed by atoms with Crippen LogP contribution in [0.25, 0.3) is 0 Å². The van der Waals surface area contributed by atoms with Gasteiger partial charge >= 0.3 is 6.03 Å². The summed E-state index contributed by atoms with van der Waals surface area (Å²) in [5.74, 6) is -0.238. The summed E-state index contributed by atoms with van der Waals surface area (Å²) in [5, 5.41) is 5.07. The molecule has 3 N–H and O–H groups in total. The van der Waals surface area contributed by atoms with Gasteiger partial charge in [-0.3, -0.25) is 14.9 Å². The Bertz CT molecular complexity index is 583. The van der Waals surface area contributed by atoms with E-state index in [1.165, 1.54) is 0 Å². The number of hydrogen-bond acceptors (Lipinski definition) is 3. The van der Waals surface area contributed by atoms with E-state index in [1.807, 2.05) is 30.3 Å². The number of nitrogens with zero attached hydrogens (tertiary/aromatic N) is 1. The van der Waals surface area contributed by atoms with Gasteiger partial charge in [0, 0.05) is 13.5 Å². The van der Waals surface area contributed by atoms with Gasteiger partial charge in [-0.1, -0.05) is 30.3 Å². The lowest BCUT2D eigenvalue weighted by molar-refractivity contribution is -0.917. The Morgan fingerprint density at radius 3 is 2.38 bits per heavy atom. The van der Waals surface area contributed by atoms with Gasteiger partial charge in [-0.05, 0) is 12.5 Å². The lowest BCUT2D eigenvalue weighted by atomic mass is 10.2. The molecule has 7 nitrogen and oxygen atoms in total. The maximum atomic E-state index is 12.2. The van der Waals surface area contributed by atoms with Crippen LogP contribution in [0, 0.1) is 0 Å². The standard InChI is InChI=1S/C17H24N4O3/c1-13(20-8-10-21(11-9-20)14(2)22)16(23)19-17(24)18-12-15-6-4-3-5-7-15/h3-7,13H,8-12H2,1-2H3,(H2,18,19,23,24)/p+1/t13-/m0/s1. The Morgan fingerprint density at radius 1 is 1.17 bits per heavy atom. The molecule has 1 heterocycles. The molecule has 0 spiro atoms. The molecule has 2 rings (SSSR count). The number of benzene rings is 1. The van der Waals surface area contributed by atoms with E-state index in [4.69, 9.17) is 0 Å².